The summed E-state index contributed by atoms with van der Waals surface area (Å²) in [5.41, 5.74) is 0.495. The van der Waals surface area contributed by atoms with Crippen LogP contribution in [-0.4, -0.2) is 18.6 Å². The summed E-state index contributed by atoms with van der Waals surface area (Å²) in [6, 6.07) is 9.44. The summed E-state index contributed by atoms with van der Waals surface area (Å²) in [5, 5.41) is 18.5. The van der Waals surface area contributed by atoms with E-state index in [1.807, 2.05) is 0 Å². The van der Waals surface area contributed by atoms with Crippen LogP contribution in [0, 0.1) is 6.92 Å². The van der Waals surface area contributed by atoms with Crippen LogP contribution in [0.2, 0.25) is 0 Å². The van der Waals surface area contributed by atoms with Crippen molar-refractivity contribution in [3.05, 3.63) is 48.0 Å². The summed E-state index contributed by atoms with van der Waals surface area (Å²) >= 11 is 0. The van der Waals surface area contributed by atoms with Gasteiger partial charge in [0.1, 0.15) is 11.5 Å². The van der Waals surface area contributed by atoms with E-state index < -0.39 is 9.84 Å². The number of phenolic OH excluding ortho intramolecular Hbond substituents is 2. The topological polar surface area (TPSA) is 74.6 Å². The van der Waals surface area contributed by atoms with Gasteiger partial charge in [-0.15, -0.1) is 0 Å². The van der Waals surface area contributed by atoms with Crippen molar-refractivity contribution in [1.82, 2.24) is 0 Å². The number of hydrogen-bond acceptors (Lipinski definition) is 4. The van der Waals surface area contributed by atoms with Crippen LogP contribution in [-0.2, 0) is 9.84 Å². The lowest BCUT2D eigenvalue weighted by Gasteiger charge is -2.06. The predicted molar refractivity (Wildman–Crippen MR) is 66.4 cm³/mol. The lowest BCUT2D eigenvalue weighted by Crippen LogP contribution is -2.01. The molecule has 2 aromatic carbocycles. The van der Waals surface area contributed by atoms with Gasteiger partial charge in [-0.2, -0.15) is 0 Å². The van der Waals surface area contributed by atoms with Crippen molar-refractivity contribution in [2.24, 2.45) is 0 Å². The van der Waals surface area contributed by atoms with Gasteiger partial charge < -0.3 is 10.2 Å². The van der Waals surface area contributed by atoms with Crippen LogP contribution in [0.25, 0.3) is 0 Å². The largest absolute Gasteiger partial charge is 0.508 e. The Kier molecular flexibility index (Phi) is 3.00. The van der Waals surface area contributed by atoms with Crippen molar-refractivity contribution in [2.75, 3.05) is 0 Å². The van der Waals surface area contributed by atoms with E-state index in [2.05, 4.69) is 0 Å². The first-order chi connectivity index (χ1) is 8.41. The van der Waals surface area contributed by atoms with Crippen molar-refractivity contribution in [2.45, 2.75) is 16.7 Å². The highest BCUT2D eigenvalue weighted by Gasteiger charge is 2.18. The van der Waals surface area contributed by atoms with Crippen molar-refractivity contribution in [3.8, 4) is 11.5 Å². The van der Waals surface area contributed by atoms with Gasteiger partial charge in [0.25, 0.3) is 0 Å². The number of aromatic hydroxyl groups is 2. The number of sulfone groups is 1. The minimum Gasteiger partial charge on any atom is -0.508 e. The fourth-order valence-corrected chi connectivity index (χ4v) is 2.90. The minimum absolute atomic E-state index is 0.0100. The standard InChI is InChI=1S/C13H12O4S/c1-9-8-12(6-7-13(9)15)18(16,17)11-4-2-10(14)3-5-11/h2-8,14-15H,1H3. The van der Waals surface area contributed by atoms with Crippen LogP contribution in [0.15, 0.2) is 52.3 Å². The molecule has 0 spiro atoms. The van der Waals surface area contributed by atoms with Gasteiger partial charge in [-0.1, -0.05) is 0 Å². The molecule has 0 atom stereocenters. The molecule has 5 heteroatoms. The average Bonchev–Trinajstić information content (AvgIpc) is 2.33. The SMILES string of the molecule is Cc1cc(S(=O)(=O)c2ccc(O)cc2)ccc1O. The maximum atomic E-state index is 12.2. The fraction of sp³-hybridized carbons (Fsp3) is 0.0769. The van der Waals surface area contributed by atoms with Gasteiger partial charge in [0.2, 0.25) is 9.84 Å². The molecule has 0 aliphatic carbocycles. The summed E-state index contributed by atoms with van der Waals surface area (Å²) in [7, 11) is -3.62. The summed E-state index contributed by atoms with van der Waals surface area (Å²) < 4.78 is 24.5. The van der Waals surface area contributed by atoms with E-state index in [0.29, 0.717) is 5.56 Å². The van der Waals surface area contributed by atoms with E-state index in [1.54, 1.807) is 6.92 Å². The van der Waals surface area contributed by atoms with E-state index in [4.69, 9.17) is 5.11 Å². The van der Waals surface area contributed by atoms with E-state index in [9.17, 15) is 13.5 Å². The Balaban J connectivity index is 2.54. The lowest BCUT2D eigenvalue weighted by atomic mass is 10.2. The summed E-state index contributed by atoms with van der Waals surface area (Å²) in [5.74, 6) is 0.0653. The number of rotatable bonds is 2. The highest BCUT2D eigenvalue weighted by Crippen LogP contribution is 2.26. The Morgan fingerprint density at radius 1 is 0.889 bits per heavy atom. The Labute approximate surface area is 105 Å². The average molecular weight is 264 g/mol. The maximum Gasteiger partial charge on any atom is 0.206 e. The van der Waals surface area contributed by atoms with Crippen molar-refractivity contribution >= 4 is 9.84 Å². The second-order valence-corrected chi connectivity index (χ2v) is 5.90. The van der Waals surface area contributed by atoms with E-state index >= 15 is 0 Å². The van der Waals surface area contributed by atoms with Crippen LogP contribution >= 0.6 is 0 Å². The molecular formula is C13H12O4S. The smallest absolute Gasteiger partial charge is 0.206 e. The Hall–Kier alpha value is -2.01. The third kappa shape index (κ3) is 2.17. The molecule has 0 unspecified atom stereocenters. The van der Waals surface area contributed by atoms with Gasteiger partial charge >= 0.3 is 0 Å². The van der Waals surface area contributed by atoms with Crippen LogP contribution in [0.4, 0.5) is 0 Å². The number of hydrogen-bond donors (Lipinski definition) is 2. The monoisotopic (exact) mass is 264 g/mol. The quantitative estimate of drug-likeness (QED) is 0.872. The number of phenols is 2. The first-order valence-electron chi connectivity index (χ1n) is 5.25. The maximum absolute atomic E-state index is 12.2. The molecule has 0 aliphatic heterocycles. The molecule has 0 aromatic heterocycles. The zero-order chi connectivity index (χ0) is 13.3. The Morgan fingerprint density at radius 3 is 2.00 bits per heavy atom. The molecule has 2 aromatic rings. The van der Waals surface area contributed by atoms with Gasteiger partial charge in [0, 0.05) is 0 Å². The minimum atomic E-state index is -3.62. The molecule has 0 saturated heterocycles. The second-order valence-electron chi connectivity index (χ2n) is 3.95. The molecule has 0 bridgehead atoms. The molecule has 2 N–H and O–H groups in total. The van der Waals surface area contributed by atoms with Crippen molar-refractivity contribution < 1.29 is 18.6 Å². The number of benzene rings is 2. The normalized spacial score (nSPS) is 11.4. The Bertz CT molecular complexity index is 673. The van der Waals surface area contributed by atoms with Crippen molar-refractivity contribution in [3.63, 3.8) is 0 Å². The molecule has 0 aliphatic rings. The molecule has 18 heavy (non-hydrogen) atoms. The van der Waals surface area contributed by atoms with Gasteiger partial charge in [0.05, 0.1) is 9.79 Å². The molecule has 0 fully saturated rings. The first kappa shape index (κ1) is 12.4. The third-order valence-corrected chi connectivity index (χ3v) is 4.39. The molecule has 94 valence electrons. The molecule has 0 radical (unpaired) electrons. The molecule has 0 saturated carbocycles. The summed E-state index contributed by atoms with van der Waals surface area (Å²) in [6.45, 7) is 1.63. The first-order valence-corrected chi connectivity index (χ1v) is 6.73. The zero-order valence-electron chi connectivity index (χ0n) is 9.66. The van der Waals surface area contributed by atoms with Crippen LogP contribution in [0.1, 0.15) is 5.56 Å². The highest BCUT2D eigenvalue weighted by molar-refractivity contribution is 7.91. The lowest BCUT2D eigenvalue weighted by molar-refractivity contribution is 0.470. The van der Waals surface area contributed by atoms with Crippen molar-refractivity contribution in [1.29, 1.82) is 0 Å². The predicted octanol–water partition coefficient (Wildman–Crippen LogP) is 2.24. The third-order valence-electron chi connectivity index (χ3n) is 2.63. The number of aryl methyl sites for hydroxylation is 1. The molecule has 4 nitrogen and oxygen atoms in total. The van der Waals surface area contributed by atoms with Gasteiger partial charge in [-0.3, -0.25) is 0 Å². The van der Waals surface area contributed by atoms with E-state index in [1.165, 1.54) is 42.5 Å². The van der Waals surface area contributed by atoms with Crippen LogP contribution < -0.4 is 0 Å². The zero-order valence-corrected chi connectivity index (χ0v) is 10.5. The molecule has 0 heterocycles. The van der Waals surface area contributed by atoms with Crippen LogP contribution in [0.3, 0.4) is 0 Å². The molecular weight excluding hydrogens is 252 g/mol. The van der Waals surface area contributed by atoms with Gasteiger partial charge in [-0.05, 0) is 55.0 Å². The van der Waals surface area contributed by atoms with E-state index in [0.717, 1.165) is 0 Å². The van der Waals surface area contributed by atoms with Crippen LogP contribution in [0.5, 0.6) is 11.5 Å². The summed E-state index contributed by atoms with van der Waals surface area (Å²) in [4.78, 5) is 0.217. The molecule has 0 amide bonds. The van der Waals surface area contributed by atoms with Gasteiger partial charge in [0.15, 0.2) is 0 Å². The highest BCUT2D eigenvalue weighted by atomic mass is 32.2. The second kappa shape index (κ2) is 4.34. The summed E-state index contributed by atoms with van der Waals surface area (Å²) in [6.07, 6.45) is 0. The molecule has 2 rings (SSSR count). The Morgan fingerprint density at radius 2 is 1.44 bits per heavy atom. The van der Waals surface area contributed by atoms with Gasteiger partial charge in [-0.25, -0.2) is 8.42 Å². The van der Waals surface area contributed by atoms with E-state index in [-0.39, 0.29) is 21.3 Å². The fourth-order valence-electron chi connectivity index (χ4n) is 1.56.